The Hall–Kier alpha value is -2.81. The molecule has 110 valence electrons. The minimum absolute atomic E-state index is 0.320. The third-order valence-corrected chi connectivity index (χ3v) is 3.32. The van der Waals surface area contributed by atoms with Crippen molar-refractivity contribution in [2.75, 3.05) is 6.61 Å². The van der Waals surface area contributed by atoms with Gasteiger partial charge in [-0.2, -0.15) is 0 Å². The predicted octanol–water partition coefficient (Wildman–Crippen LogP) is 4.81. The fourth-order valence-electron chi connectivity index (χ4n) is 2.24. The number of hydrogen-bond donors (Lipinski definition) is 0. The molecule has 0 aliphatic heterocycles. The van der Waals surface area contributed by atoms with Gasteiger partial charge in [-0.3, -0.25) is 0 Å². The highest BCUT2D eigenvalue weighted by atomic mass is 16.5. The van der Waals surface area contributed by atoms with E-state index in [2.05, 4.69) is 6.07 Å². The van der Waals surface area contributed by atoms with E-state index in [4.69, 9.17) is 9.47 Å². The Morgan fingerprint density at radius 1 is 0.864 bits per heavy atom. The number of hydrogen-bond acceptors (Lipinski definition) is 3. The van der Waals surface area contributed by atoms with E-state index in [0.29, 0.717) is 17.9 Å². The minimum Gasteiger partial charge on any atom is -0.462 e. The van der Waals surface area contributed by atoms with Crippen molar-refractivity contribution in [3.8, 4) is 11.5 Å². The van der Waals surface area contributed by atoms with Gasteiger partial charge in [0.05, 0.1) is 12.2 Å². The molecule has 0 saturated heterocycles. The van der Waals surface area contributed by atoms with Gasteiger partial charge in [0.15, 0.2) is 0 Å². The highest BCUT2D eigenvalue weighted by Crippen LogP contribution is 2.25. The fraction of sp³-hybridized carbons (Fsp3) is 0.105. The molecule has 3 aromatic carbocycles. The molecule has 0 aromatic heterocycles. The van der Waals surface area contributed by atoms with Gasteiger partial charge in [-0.15, -0.1) is 0 Å². The molecular weight excluding hydrogens is 276 g/mol. The second kappa shape index (κ2) is 6.31. The van der Waals surface area contributed by atoms with Crippen molar-refractivity contribution >= 4 is 16.7 Å². The van der Waals surface area contributed by atoms with Gasteiger partial charge in [0.2, 0.25) is 0 Å². The molecule has 0 atom stereocenters. The summed E-state index contributed by atoms with van der Waals surface area (Å²) in [6, 6.07) is 21.0. The van der Waals surface area contributed by atoms with Crippen LogP contribution in [0.4, 0.5) is 0 Å². The first-order valence-electron chi connectivity index (χ1n) is 7.20. The number of esters is 1. The average molecular weight is 292 g/mol. The summed E-state index contributed by atoms with van der Waals surface area (Å²) in [6.45, 7) is 2.16. The molecule has 0 spiro atoms. The average Bonchev–Trinajstić information content (AvgIpc) is 2.56. The van der Waals surface area contributed by atoms with E-state index in [1.54, 1.807) is 31.2 Å². The smallest absolute Gasteiger partial charge is 0.338 e. The van der Waals surface area contributed by atoms with Gasteiger partial charge in [0.25, 0.3) is 0 Å². The number of benzene rings is 3. The summed E-state index contributed by atoms with van der Waals surface area (Å²) in [5.41, 5.74) is 0.521. The first kappa shape index (κ1) is 14.1. The number of rotatable bonds is 4. The molecular formula is C19H16O3. The molecule has 0 aliphatic carbocycles. The molecule has 0 heterocycles. The van der Waals surface area contributed by atoms with Crippen LogP contribution in [0, 0.1) is 0 Å². The van der Waals surface area contributed by atoms with Crippen LogP contribution >= 0.6 is 0 Å². The summed E-state index contributed by atoms with van der Waals surface area (Å²) in [7, 11) is 0. The van der Waals surface area contributed by atoms with Crippen molar-refractivity contribution in [1.29, 1.82) is 0 Å². The lowest BCUT2D eigenvalue weighted by molar-refractivity contribution is 0.0526. The van der Waals surface area contributed by atoms with Gasteiger partial charge < -0.3 is 9.47 Å². The lowest BCUT2D eigenvalue weighted by atomic mass is 10.1. The van der Waals surface area contributed by atoms with Crippen molar-refractivity contribution in [3.63, 3.8) is 0 Å². The van der Waals surface area contributed by atoms with Crippen LogP contribution in [0.15, 0.2) is 66.7 Å². The molecule has 0 saturated carbocycles. The van der Waals surface area contributed by atoms with Crippen LogP contribution in [-0.2, 0) is 4.74 Å². The summed E-state index contributed by atoms with van der Waals surface area (Å²) in [5.74, 6) is 1.13. The van der Waals surface area contributed by atoms with E-state index in [9.17, 15) is 4.79 Å². The Morgan fingerprint density at radius 2 is 1.55 bits per heavy atom. The maximum atomic E-state index is 11.6. The fourth-order valence-corrected chi connectivity index (χ4v) is 2.24. The zero-order chi connectivity index (χ0) is 15.4. The molecule has 0 unspecified atom stereocenters. The van der Waals surface area contributed by atoms with E-state index in [1.165, 1.54) is 5.39 Å². The maximum Gasteiger partial charge on any atom is 0.338 e. The lowest BCUT2D eigenvalue weighted by Gasteiger charge is -2.08. The quantitative estimate of drug-likeness (QED) is 0.647. The molecule has 3 rings (SSSR count). The Kier molecular flexibility index (Phi) is 4.05. The lowest BCUT2D eigenvalue weighted by Crippen LogP contribution is -2.03. The predicted molar refractivity (Wildman–Crippen MR) is 86.4 cm³/mol. The molecule has 0 radical (unpaired) electrons. The minimum atomic E-state index is -0.320. The number of fused-ring (bicyclic) bond motifs is 1. The molecule has 3 heteroatoms. The maximum absolute atomic E-state index is 11.6. The normalized spacial score (nSPS) is 10.4. The summed E-state index contributed by atoms with van der Waals surface area (Å²) < 4.78 is 10.8. The van der Waals surface area contributed by atoms with Crippen LogP contribution in [0.3, 0.4) is 0 Å². The van der Waals surface area contributed by atoms with Gasteiger partial charge in [-0.1, -0.05) is 30.3 Å². The standard InChI is InChI=1S/C19H16O3/c1-2-21-19(20)15-8-10-17(11-9-15)22-18-12-7-14-5-3-4-6-16(14)13-18/h3-13H,2H2,1H3. The van der Waals surface area contributed by atoms with Gasteiger partial charge >= 0.3 is 5.97 Å². The monoisotopic (exact) mass is 292 g/mol. The number of ether oxygens (including phenoxy) is 2. The summed E-state index contributed by atoms with van der Waals surface area (Å²) in [5, 5.41) is 2.30. The van der Waals surface area contributed by atoms with Crippen LogP contribution in [0.5, 0.6) is 11.5 Å². The molecule has 0 N–H and O–H groups in total. The Balaban J connectivity index is 1.78. The van der Waals surface area contributed by atoms with E-state index >= 15 is 0 Å². The van der Waals surface area contributed by atoms with E-state index in [1.807, 2.05) is 36.4 Å². The summed E-state index contributed by atoms with van der Waals surface area (Å²) in [4.78, 5) is 11.6. The number of carbonyl (C=O) groups excluding carboxylic acids is 1. The number of carbonyl (C=O) groups is 1. The first-order chi connectivity index (χ1) is 10.8. The van der Waals surface area contributed by atoms with Gasteiger partial charge in [-0.05, 0) is 54.1 Å². The molecule has 0 aliphatic rings. The zero-order valence-corrected chi connectivity index (χ0v) is 12.3. The Morgan fingerprint density at radius 3 is 2.27 bits per heavy atom. The topological polar surface area (TPSA) is 35.5 Å². The molecule has 0 bridgehead atoms. The second-order valence-corrected chi connectivity index (χ2v) is 4.86. The molecule has 0 amide bonds. The largest absolute Gasteiger partial charge is 0.462 e. The Labute approximate surface area is 129 Å². The van der Waals surface area contributed by atoms with Crippen molar-refractivity contribution in [2.45, 2.75) is 6.92 Å². The van der Waals surface area contributed by atoms with Crippen molar-refractivity contribution in [3.05, 3.63) is 72.3 Å². The van der Waals surface area contributed by atoms with Gasteiger partial charge in [0.1, 0.15) is 11.5 Å². The van der Waals surface area contributed by atoms with E-state index in [0.717, 1.165) is 11.1 Å². The van der Waals surface area contributed by atoms with E-state index < -0.39 is 0 Å². The summed E-state index contributed by atoms with van der Waals surface area (Å²) >= 11 is 0. The van der Waals surface area contributed by atoms with Crippen LogP contribution in [0.2, 0.25) is 0 Å². The third-order valence-electron chi connectivity index (χ3n) is 3.32. The van der Waals surface area contributed by atoms with Crippen molar-refractivity contribution < 1.29 is 14.3 Å². The summed E-state index contributed by atoms with van der Waals surface area (Å²) in [6.07, 6.45) is 0. The van der Waals surface area contributed by atoms with Crippen molar-refractivity contribution in [2.24, 2.45) is 0 Å². The van der Waals surface area contributed by atoms with Crippen LogP contribution in [0.1, 0.15) is 17.3 Å². The van der Waals surface area contributed by atoms with Crippen LogP contribution < -0.4 is 4.74 Å². The third kappa shape index (κ3) is 3.09. The zero-order valence-electron chi connectivity index (χ0n) is 12.3. The molecule has 3 aromatic rings. The van der Waals surface area contributed by atoms with Crippen molar-refractivity contribution in [1.82, 2.24) is 0 Å². The first-order valence-corrected chi connectivity index (χ1v) is 7.20. The Bertz CT molecular complexity index is 791. The van der Waals surface area contributed by atoms with Crippen LogP contribution in [0.25, 0.3) is 10.8 Å². The second-order valence-electron chi connectivity index (χ2n) is 4.86. The molecule has 22 heavy (non-hydrogen) atoms. The van der Waals surface area contributed by atoms with E-state index in [-0.39, 0.29) is 5.97 Å². The highest BCUT2D eigenvalue weighted by molar-refractivity contribution is 5.89. The van der Waals surface area contributed by atoms with Crippen LogP contribution in [-0.4, -0.2) is 12.6 Å². The van der Waals surface area contributed by atoms with Gasteiger partial charge in [0, 0.05) is 0 Å². The van der Waals surface area contributed by atoms with Gasteiger partial charge in [-0.25, -0.2) is 4.79 Å². The molecule has 0 fully saturated rings. The highest BCUT2D eigenvalue weighted by Gasteiger charge is 2.06. The molecule has 3 nitrogen and oxygen atoms in total. The SMILES string of the molecule is CCOC(=O)c1ccc(Oc2ccc3ccccc3c2)cc1.